The summed E-state index contributed by atoms with van der Waals surface area (Å²) < 4.78 is 27.2. The van der Waals surface area contributed by atoms with Gasteiger partial charge in [-0.1, -0.05) is 51.8 Å². The summed E-state index contributed by atoms with van der Waals surface area (Å²) in [6, 6.07) is 11.4. The predicted molar refractivity (Wildman–Crippen MR) is 78.0 cm³/mol. The molecule has 19 heavy (non-hydrogen) atoms. The fraction of sp³-hybridized carbons (Fsp3) is 0.200. The predicted octanol–water partition coefficient (Wildman–Crippen LogP) is 5.34. The molecule has 0 bridgehead atoms. The third-order valence-electron chi connectivity index (χ3n) is 3.00. The molecule has 0 aliphatic heterocycles. The summed E-state index contributed by atoms with van der Waals surface area (Å²) in [5, 5.41) is 0.711. The zero-order chi connectivity index (χ0) is 13.8. The average molecular weight is 346 g/mol. The minimum atomic E-state index is -0.443. The number of halogens is 4. The van der Waals surface area contributed by atoms with E-state index in [0.29, 0.717) is 17.3 Å². The SMILES string of the molecule is Fc1cc(CC(CBr)c2ccccc2F)ccc1Cl. The summed E-state index contributed by atoms with van der Waals surface area (Å²) >= 11 is 9.04. The van der Waals surface area contributed by atoms with Crippen LogP contribution in [-0.4, -0.2) is 5.33 Å². The molecule has 0 fully saturated rings. The Kier molecular flexibility index (Phi) is 4.94. The van der Waals surface area contributed by atoms with E-state index in [9.17, 15) is 8.78 Å². The normalized spacial score (nSPS) is 12.4. The third kappa shape index (κ3) is 3.54. The van der Waals surface area contributed by atoms with Crippen molar-refractivity contribution in [3.63, 3.8) is 0 Å². The van der Waals surface area contributed by atoms with Gasteiger partial charge in [0.05, 0.1) is 5.02 Å². The first-order valence-electron chi connectivity index (χ1n) is 5.86. The largest absolute Gasteiger partial charge is 0.207 e. The molecule has 2 aromatic carbocycles. The Labute approximate surface area is 124 Å². The van der Waals surface area contributed by atoms with Crippen LogP contribution in [0.4, 0.5) is 8.78 Å². The first kappa shape index (κ1) is 14.5. The summed E-state index contributed by atoms with van der Waals surface area (Å²) in [4.78, 5) is 0. The molecule has 2 aromatic rings. The van der Waals surface area contributed by atoms with Gasteiger partial charge in [0, 0.05) is 11.2 Å². The van der Waals surface area contributed by atoms with Crippen LogP contribution in [0, 0.1) is 11.6 Å². The zero-order valence-electron chi connectivity index (χ0n) is 10.0. The molecule has 0 spiro atoms. The van der Waals surface area contributed by atoms with Crippen molar-refractivity contribution < 1.29 is 8.78 Å². The highest BCUT2D eigenvalue weighted by Gasteiger charge is 2.15. The van der Waals surface area contributed by atoms with E-state index in [1.165, 1.54) is 18.2 Å². The maximum atomic E-state index is 13.8. The van der Waals surface area contributed by atoms with Crippen LogP contribution in [0.1, 0.15) is 17.0 Å². The molecule has 1 unspecified atom stereocenters. The van der Waals surface area contributed by atoms with Gasteiger partial charge in [0.25, 0.3) is 0 Å². The van der Waals surface area contributed by atoms with Gasteiger partial charge in [-0.15, -0.1) is 0 Å². The first-order chi connectivity index (χ1) is 9.11. The fourth-order valence-corrected chi connectivity index (χ4v) is 2.70. The average Bonchev–Trinajstić information content (AvgIpc) is 2.41. The van der Waals surface area contributed by atoms with E-state index in [1.807, 2.05) is 0 Å². The van der Waals surface area contributed by atoms with E-state index in [0.717, 1.165) is 5.56 Å². The van der Waals surface area contributed by atoms with E-state index in [1.54, 1.807) is 24.3 Å². The Morgan fingerprint density at radius 2 is 1.79 bits per heavy atom. The molecular formula is C15H12BrClF2. The Balaban J connectivity index is 2.24. The molecule has 0 nitrogen and oxygen atoms in total. The van der Waals surface area contributed by atoms with Crippen molar-refractivity contribution in [2.24, 2.45) is 0 Å². The molecule has 0 N–H and O–H groups in total. The number of hydrogen-bond acceptors (Lipinski definition) is 0. The standard InChI is InChI=1S/C15H12BrClF2/c16-9-11(12-3-1-2-4-14(12)18)7-10-5-6-13(17)15(19)8-10/h1-6,8,11H,7,9H2. The van der Waals surface area contributed by atoms with Gasteiger partial charge in [-0.2, -0.15) is 0 Å². The molecule has 100 valence electrons. The Morgan fingerprint density at radius 3 is 2.42 bits per heavy atom. The van der Waals surface area contributed by atoms with Crippen molar-refractivity contribution in [3.05, 3.63) is 70.2 Å². The van der Waals surface area contributed by atoms with Gasteiger partial charge in [-0.3, -0.25) is 0 Å². The van der Waals surface area contributed by atoms with Crippen LogP contribution < -0.4 is 0 Å². The maximum absolute atomic E-state index is 13.8. The first-order valence-corrected chi connectivity index (χ1v) is 7.36. The van der Waals surface area contributed by atoms with E-state index >= 15 is 0 Å². The fourth-order valence-electron chi connectivity index (χ4n) is 2.00. The summed E-state index contributed by atoms with van der Waals surface area (Å²) in [6.45, 7) is 0. The summed E-state index contributed by atoms with van der Waals surface area (Å²) in [7, 11) is 0. The van der Waals surface area contributed by atoms with Crippen molar-refractivity contribution >= 4 is 27.5 Å². The van der Waals surface area contributed by atoms with Crippen LogP contribution in [0.25, 0.3) is 0 Å². The molecule has 0 radical (unpaired) electrons. The van der Waals surface area contributed by atoms with Crippen LogP contribution in [0.15, 0.2) is 42.5 Å². The second kappa shape index (κ2) is 6.49. The second-order valence-corrected chi connectivity index (χ2v) is 5.38. The minimum absolute atomic E-state index is 0.0400. The molecule has 1 atom stereocenters. The van der Waals surface area contributed by atoms with Gasteiger partial charge in [0.1, 0.15) is 11.6 Å². The van der Waals surface area contributed by atoms with Crippen molar-refractivity contribution in [3.8, 4) is 0 Å². The monoisotopic (exact) mass is 344 g/mol. The van der Waals surface area contributed by atoms with E-state index < -0.39 is 5.82 Å². The zero-order valence-corrected chi connectivity index (χ0v) is 12.4. The molecule has 0 aliphatic rings. The van der Waals surface area contributed by atoms with Crippen molar-refractivity contribution in [2.45, 2.75) is 12.3 Å². The third-order valence-corrected chi connectivity index (χ3v) is 4.09. The number of benzene rings is 2. The quantitative estimate of drug-likeness (QED) is 0.656. The van der Waals surface area contributed by atoms with E-state index in [2.05, 4.69) is 15.9 Å². The highest BCUT2D eigenvalue weighted by Crippen LogP contribution is 2.26. The Bertz CT molecular complexity index is 572. The van der Waals surface area contributed by atoms with Crippen LogP contribution in [0.2, 0.25) is 5.02 Å². The minimum Gasteiger partial charge on any atom is -0.207 e. The van der Waals surface area contributed by atoms with Gasteiger partial charge in [0.2, 0.25) is 0 Å². The van der Waals surface area contributed by atoms with Gasteiger partial charge in [-0.25, -0.2) is 8.78 Å². The van der Waals surface area contributed by atoms with Crippen LogP contribution in [-0.2, 0) is 6.42 Å². The van der Waals surface area contributed by atoms with Crippen LogP contribution in [0.5, 0.6) is 0 Å². The smallest absolute Gasteiger partial charge is 0.142 e. The Morgan fingerprint density at radius 1 is 1.05 bits per heavy atom. The number of hydrogen-bond donors (Lipinski definition) is 0. The Hall–Kier alpha value is -0.930. The summed E-state index contributed by atoms with van der Waals surface area (Å²) in [6.07, 6.45) is 0.556. The van der Waals surface area contributed by atoms with Crippen molar-refractivity contribution in [1.29, 1.82) is 0 Å². The van der Waals surface area contributed by atoms with Crippen LogP contribution >= 0.6 is 27.5 Å². The number of alkyl halides is 1. The van der Waals surface area contributed by atoms with E-state index in [4.69, 9.17) is 11.6 Å². The van der Waals surface area contributed by atoms with E-state index in [-0.39, 0.29) is 16.8 Å². The molecule has 4 heteroatoms. The maximum Gasteiger partial charge on any atom is 0.142 e. The lowest BCUT2D eigenvalue weighted by Crippen LogP contribution is -2.07. The topological polar surface area (TPSA) is 0 Å². The van der Waals surface area contributed by atoms with Gasteiger partial charge in [-0.05, 0) is 35.7 Å². The molecule has 0 heterocycles. The molecule has 2 rings (SSSR count). The van der Waals surface area contributed by atoms with Gasteiger partial charge >= 0.3 is 0 Å². The molecule has 0 saturated heterocycles. The van der Waals surface area contributed by atoms with Crippen LogP contribution in [0.3, 0.4) is 0 Å². The number of rotatable bonds is 4. The van der Waals surface area contributed by atoms with Crippen molar-refractivity contribution in [1.82, 2.24) is 0 Å². The lowest BCUT2D eigenvalue weighted by atomic mass is 9.93. The second-order valence-electron chi connectivity index (χ2n) is 4.33. The lowest BCUT2D eigenvalue weighted by molar-refractivity contribution is 0.588. The van der Waals surface area contributed by atoms with Gasteiger partial charge < -0.3 is 0 Å². The molecule has 0 amide bonds. The highest BCUT2D eigenvalue weighted by molar-refractivity contribution is 9.09. The van der Waals surface area contributed by atoms with Gasteiger partial charge in [0.15, 0.2) is 0 Å². The highest BCUT2D eigenvalue weighted by atomic mass is 79.9. The summed E-state index contributed by atoms with van der Waals surface area (Å²) in [5.74, 6) is -0.718. The molecule has 0 aromatic heterocycles. The van der Waals surface area contributed by atoms with Crippen molar-refractivity contribution in [2.75, 3.05) is 5.33 Å². The molecular weight excluding hydrogens is 334 g/mol. The lowest BCUT2D eigenvalue weighted by Gasteiger charge is -2.15. The summed E-state index contributed by atoms with van der Waals surface area (Å²) in [5.41, 5.74) is 1.43. The molecule has 0 aliphatic carbocycles. The molecule has 0 saturated carbocycles.